The highest BCUT2D eigenvalue weighted by molar-refractivity contribution is 7.89. The van der Waals surface area contributed by atoms with Crippen LogP contribution in [0.5, 0.6) is 0 Å². The van der Waals surface area contributed by atoms with Gasteiger partial charge in [-0.25, -0.2) is 8.42 Å². The Balaban J connectivity index is 1.82. The summed E-state index contributed by atoms with van der Waals surface area (Å²) in [5, 5.41) is 0. The van der Waals surface area contributed by atoms with Crippen molar-refractivity contribution in [2.75, 3.05) is 13.6 Å². The highest BCUT2D eigenvalue weighted by Gasteiger charge is 2.38. The van der Waals surface area contributed by atoms with Crippen LogP contribution in [0.4, 0.5) is 0 Å². The van der Waals surface area contributed by atoms with Crippen molar-refractivity contribution in [3.63, 3.8) is 0 Å². The van der Waals surface area contributed by atoms with E-state index in [1.807, 2.05) is 37.3 Å². The number of piperidine rings is 1. The number of sulfonamides is 1. The van der Waals surface area contributed by atoms with E-state index in [-0.39, 0.29) is 10.8 Å². The Morgan fingerprint density at radius 1 is 1.07 bits per heavy atom. The summed E-state index contributed by atoms with van der Waals surface area (Å²) in [6, 6.07) is 15.9. The first-order chi connectivity index (χ1) is 12.9. The van der Waals surface area contributed by atoms with Gasteiger partial charge in [0.1, 0.15) is 6.04 Å². The monoisotopic (exact) mass is 386 g/mol. The van der Waals surface area contributed by atoms with E-state index in [1.54, 1.807) is 36.2 Å². The van der Waals surface area contributed by atoms with Crippen LogP contribution in [0.25, 0.3) is 0 Å². The summed E-state index contributed by atoms with van der Waals surface area (Å²) >= 11 is 0. The summed E-state index contributed by atoms with van der Waals surface area (Å²) in [6.45, 7) is 2.77. The third kappa shape index (κ3) is 4.39. The summed E-state index contributed by atoms with van der Waals surface area (Å²) in [4.78, 5) is 14.9. The van der Waals surface area contributed by atoms with Crippen LogP contribution in [0.2, 0.25) is 0 Å². The zero-order valence-corrected chi connectivity index (χ0v) is 16.7. The number of aryl methyl sites for hydroxylation is 1. The smallest absolute Gasteiger partial charge is 0.243 e. The molecule has 1 atom stereocenters. The van der Waals surface area contributed by atoms with Gasteiger partial charge in [0.2, 0.25) is 15.9 Å². The number of benzene rings is 2. The quantitative estimate of drug-likeness (QED) is 0.793. The number of nitrogens with zero attached hydrogens (tertiary/aromatic N) is 2. The first-order valence-electron chi connectivity index (χ1n) is 9.27. The Morgan fingerprint density at radius 3 is 2.41 bits per heavy atom. The molecule has 0 radical (unpaired) electrons. The average molecular weight is 387 g/mol. The summed E-state index contributed by atoms with van der Waals surface area (Å²) in [7, 11) is -1.96. The molecule has 1 aliphatic rings. The van der Waals surface area contributed by atoms with E-state index in [4.69, 9.17) is 0 Å². The molecule has 0 aliphatic carbocycles. The van der Waals surface area contributed by atoms with E-state index in [9.17, 15) is 13.2 Å². The van der Waals surface area contributed by atoms with Gasteiger partial charge in [0, 0.05) is 20.1 Å². The lowest BCUT2D eigenvalue weighted by molar-refractivity contribution is -0.135. The maximum atomic E-state index is 13.1. The predicted octanol–water partition coefficient (Wildman–Crippen LogP) is 3.20. The number of hydrogen-bond acceptors (Lipinski definition) is 3. The van der Waals surface area contributed by atoms with Crippen LogP contribution in [-0.2, 0) is 21.4 Å². The molecule has 27 heavy (non-hydrogen) atoms. The fraction of sp³-hybridized carbons (Fsp3) is 0.381. The maximum Gasteiger partial charge on any atom is 0.243 e. The molecule has 0 saturated carbocycles. The molecule has 6 heteroatoms. The fourth-order valence-electron chi connectivity index (χ4n) is 3.47. The van der Waals surface area contributed by atoms with Crippen molar-refractivity contribution in [2.45, 2.75) is 43.7 Å². The van der Waals surface area contributed by atoms with Crippen molar-refractivity contribution in [1.82, 2.24) is 9.21 Å². The average Bonchev–Trinajstić information content (AvgIpc) is 2.68. The first kappa shape index (κ1) is 19.6. The van der Waals surface area contributed by atoms with Crippen LogP contribution in [0, 0.1) is 6.92 Å². The zero-order chi connectivity index (χ0) is 19.4. The lowest BCUT2D eigenvalue weighted by atomic mass is 10.0. The van der Waals surface area contributed by atoms with E-state index >= 15 is 0 Å². The molecule has 1 fully saturated rings. The molecule has 0 spiro atoms. The molecule has 1 saturated heterocycles. The second-order valence-corrected chi connectivity index (χ2v) is 9.01. The maximum absolute atomic E-state index is 13.1. The number of likely N-dealkylation sites (N-methyl/N-ethyl adjacent to an activating group) is 1. The Hall–Kier alpha value is -2.18. The molecule has 1 aliphatic heterocycles. The Bertz CT molecular complexity index is 879. The van der Waals surface area contributed by atoms with Crippen LogP contribution in [-0.4, -0.2) is 43.2 Å². The number of hydrogen-bond donors (Lipinski definition) is 0. The number of carbonyl (C=O) groups is 1. The number of carbonyl (C=O) groups excluding carboxylic acids is 1. The third-order valence-electron chi connectivity index (χ3n) is 5.01. The molecule has 2 aromatic carbocycles. The summed E-state index contributed by atoms with van der Waals surface area (Å²) in [5.41, 5.74) is 2.03. The molecular weight excluding hydrogens is 360 g/mol. The Morgan fingerprint density at radius 2 is 1.74 bits per heavy atom. The molecule has 1 unspecified atom stereocenters. The lowest BCUT2D eigenvalue weighted by Crippen LogP contribution is -2.51. The van der Waals surface area contributed by atoms with E-state index < -0.39 is 16.1 Å². The molecule has 0 aromatic heterocycles. The summed E-state index contributed by atoms with van der Waals surface area (Å²) in [6.07, 6.45) is 2.19. The van der Waals surface area contributed by atoms with Crippen molar-refractivity contribution in [2.24, 2.45) is 0 Å². The van der Waals surface area contributed by atoms with Crippen LogP contribution < -0.4 is 0 Å². The van der Waals surface area contributed by atoms with E-state index in [0.717, 1.165) is 24.0 Å². The number of amides is 1. The highest BCUT2D eigenvalue weighted by atomic mass is 32.2. The van der Waals surface area contributed by atoms with Crippen molar-refractivity contribution in [3.8, 4) is 0 Å². The van der Waals surface area contributed by atoms with Gasteiger partial charge in [0.15, 0.2) is 0 Å². The highest BCUT2D eigenvalue weighted by Crippen LogP contribution is 2.27. The van der Waals surface area contributed by atoms with Crippen LogP contribution >= 0.6 is 0 Å². The van der Waals surface area contributed by atoms with E-state index in [0.29, 0.717) is 19.5 Å². The van der Waals surface area contributed by atoms with Gasteiger partial charge >= 0.3 is 0 Å². The van der Waals surface area contributed by atoms with Gasteiger partial charge in [-0.3, -0.25) is 4.79 Å². The zero-order valence-electron chi connectivity index (χ0n) is 15.8. The minimum atomic E-state index is -3.69. The Labute approximate surface area is 161 Å². The van der Waals surface area contributed by atoms with Crippen LogP contribution in [0.1, 0.15) is 30.4 Å². The molecule has 2 aromatic rings. The normalized spacial score (nSPS) is 18.2. The minimum Gasteiger partial charge on any atom is -0.340 e. The van der Waals surface area contributed by atoms with Gasteiger partial charge in [-0.1, -0.05) is 54.4 Å². The van der Waals surface area contributed by atoms with Crippen molar-refractivity contribution in [3.05, 3.63) is 65.7 Å². The van der Waals surface area contributed by atoms with Gasteiger partial charge in [0.25, 0.3) is 0 Å². The molecule has 0 bridgehead atoms. The standard InChI is InChI=1S/C21H26N2O3S/c1-17-11-13-19(14-12-17)27(25,26)23-15-7-6-10-20(23)21(24)22(2)16-18-8-4-3-5-9-18/h3-5,8-9,11-14,20H,6-7,10,15-16H2,1-2H3. The molecule has 144 valence electrons. The topological polar surface area (TPSA) is 57.7 Å². The van der Waals surface area contributed by atoms with Gasteiger partial charge in [0.05, 0.1) is 4.90 Å². The molecule has 0 N–H and O–H groups in total. The Kier molecular flexibility index (Phi) is 5.97. The molecule has 5 nitrogen and oxygen atoms in total. The van der Waals surface area contributed by atoms with Crippen molar-refractivity contribution in [1.29, 1.82) is 0 Å². The molecule has 1 amide bonds. The van der Waals surface area contributed by atoms with Crippen LogP contribution in [0.15, 0.2) is 59.5 Å². The van der Waals surface area contributed by atoms with Crippen molar-refractivity contribution >= 4 is 15.9 Å². The lowest BCUT2D eigenvalue weighted by Gasteiger charge is -2.35. The van der Waals surface area contributed by atoms with Gasteiger partial charge in [-0.15, -0.1) is 0 Å². The number of rotatable bonds is 5. The minimum absolute atomic E-state index is 0.144. The van der Waals surface area contributed by atoms with Gasteiger partial charge in [-0.2, -0.15) is 4.31 Å². The predicted molar refractivity (Wildman–Crippen MR) is 106 cm³/mol. The molecular formula is C21H26N2O3S. The summed E-state index contributed by atoms with van der Waals surface area (Å²) in [5.74, 6) is -0.144. The molecule has 3 rings (SSSR count). The fourth-order valence-corrected chi connectivity index (χ4v) is 5.13. The molecule has 1 heterocycles. The second kappa shape index (κ2) is 8.23. The third-order valence-corrected chi connectivity index (χ3v) is 6.93. The van der Waals surface area contributed by atoms with Gasteiger partial charge in [-0.05, 0) is 37.5 Å². The van der Waals surface area contributed by atoms with Gasteiger partial charge < -0.3 is 4.90 Å². The van der Waals surface area contributed by atoms with Crippen molar-refractivity contribution < 1.29 is 13.2 Å². The summed E-state index contributed by atoms with van der Waals surface area (Å²) < 4.78 is 27.7. The first-order valence-corrected chi connectivity index (χ1v) is 10.7. The van der Waals surface area contributed by atoms with E-state index in [2.05, 4.69) is 0 Å². The second-order valence-electron chi connectivity index (χ2n) is 7.12. The largest absolute Gasteiger partial charge is 0.340 e. The SMILES string of the molecule is Cc1ccc(S(=O)(=O)N2CCCCC2C(=O)N(C)Cc2ccccc2)cc1. The van der Waals surface area contributed by atoms with Crippen LogP contribution in [0.3, 0.4) is 0 Å². The van der Waals surface area contributed by atoms with E-state index in [1.165, 1.54) is 4.31 Å².